The van der Waals surface area contributed by atoms with Crippen molar-refractivity contribution in [2.45, 2.75) is 56.1 Å². The van der Waals surface area contributed by atoms with Gasteiger partial charge < -0.3 is 14.7 Å². The van der Waals surface area contributed by atoms with E-state index in [0.717, 1.165) is 12.0 Å². The number of rotatable bonds is 5. The lowest BCUT2D eigenvalue weighted by Crippen LogP contribution is -2.56. The number of aryl methyl sites for hydroxylation is 1. The first-order valence-electron chi connectivity index (χ1n) is 11.0. The van der Waals surface area contributed by atoms with E-state index < -0.39 is 34.1 Å². The van der Waals surface area contributed by atoms with Crippen LogP contribution in [0.1, 0.15) is 31.7 Å². The molecule has 0 spiro atoms. The van der Waals surface area contributed by atoms with Crippen molar-refractivity contribution >= 4 is 27.9 Å². The Bertz CT molecular complexity index is 1110. The number of nitrogens with zero attached hydrogens (tertiary/aromatic N) is 4. The summed E-state index contributed by atoms with van der Waals surface area (Å²) in [6, 6.07) is 6.02. The number of sulfonamides is 1. The number of hydrogen-bond donors (Lipinski definition) is 1. The lowest BCUT2D eigenvalue weighted by molar-refractivity contribution is -0.140. The molecule has 33 heavy (non-hydrogen) atoms. The highest BCUT2D eigenvalue weighted by atomic mass is 32.2. The Morgan fingerprint density at radius 1 is 1.24 bits per heavy atom. The van der Waals surface area contributed by atoms with Crippen molar-refractivity contribution in [2.75, 3.05) is 19.6 Å². The SMILES string of the molecule is Cc1ccc(S(=O)(=O)NC(=O)N2C[C@H]3C[C@@H]2C(=O)N3C[C@H](C)C(=O)N2CCC[C@H]2C#N)cc1. The molecular weight excluding hydrogens is 446 g/mol. The van der Waals surface area contributed by atoms with E-state index in [1.54, 1.807) is 28.9 Å². The molecular formula is C22H27N5O5S. The summed E-state index contributed by atoms with van der Waals surface area (Å²) in [4.78, 5) is 42.8. The summed E-state index contributed by atoms with van der Waals surface area (Å²) in [5, 5.41) is 9.23. The largest absolute Gasteiger partial charge is 0.335 e. The summed E-state index contributed by atoms with van der Waals surface area (Å²) < 4.78 is 27.1. The van der Waals surface area contributed by atoms with Crippen LogP contribution in [0, 0.1) is 24.2 Å². The van der Waals surface area contributed by atoms with E-state index in [1.807, 2.05) is 6.92 Å². The van der Waals surface area contributed by atoms with Crippen molar-refractivity contribution in [3.63, 3.8) is 0 Å². The van der Waals surface area contributed by atoms with Crippen LogP contribution in [0.4, 0.5) is 4.79 Å². The monoisotopic (exact) mass is 473 g/mol. The number of benzene rings is 1. The third-order valence-electron chi connectivity index (χ3n) is 6.68. The van der Waals surface area contributed by atoms with Crippen LogP contribution in [-0.2, 0) is 19.6 Å². The average molecular weight is 474 g/mol. The summed E-state index contributed by atoms with van der Waals surface area (Å²) in [7, 11) is -4.05. The Morgan fingerprint density at radius 2 is 1.94 bits per heavy atom. The average Bonchev–Trinajstić information content (AvgIpc) is 3.49. The molecule has 0 unspecified atom stereocenters. The van der Waals surface area contributed by atoms with Gasteiger partial charge in [0.2, 0.25) is 11.8 Å². The van der Waals surface area contributed by atoms with Crippen molar-refractivity contribution in [2.24, 2.45) is 5.92 Å². The highest BCUT2D eigenvalue weighted by Gasteiger charge is 2.52. The topological polar surface area (TPSA) is 131 Å². The fourth-order valence-electron chi connectivity index (χ4n) is 4.88. The van der Waals surface area contributed by atoms with E-state index in [9.17, 15) is 28.1 Å². The lowest BCUT2D eigenvalue weighted by atomic mass is 10.1. The van der Waals surface area contributed by atoms with E-state index in [2.05, 4.69) is 10.8 Å². The van der Waals surface area contributed by atoms with E-state index >= 15 is 0 Å². The quantitative estimate of drug-likeness (QED) is 0.674. The second-order valence-electron chi connectivity index (χ2n) is 8.99. The number of carbonyl (C=O) groups is 3. The van der Waals surface area contributed by atoms with Gasteiger partial charge in [0.1, 0.15) is 12.1 Å². The first-order chi connectivity index (χ1) is 15.6. The van der Waals surface area contributed by atoms with Gasteiger partial charge in [0, 0.05) is 19.6 Å². The Kier molecular flexibility index (Phi) is 6.05. The van der Waals surface area contributed by atoms with Crippen LogP contribution in [0.2, 0.25) is 0 Å². The van der Waals surface area contributed by atoms with E-state index in [4.69, 9.17) is 0 Å². The van der Waals surface area contributed by atoms with Gasteiger partial charge in [-0.1, -0.05) is 24.6 Å². The van der Waals surface area contributed by atoms with Crippen LogP contribution in [0.25, 0.3) is 0 Å². The van der Waals surface area contributed by atoms with Gasteiger partial charge in [-0.2, -0.15) is 5.26 Å². The molecule has 176 valence electrons. The van der Waals surface area contributed by atoms with Crippen molar-refractivity contribution in [1.29, 1.82) is 5.26 Å². The fraction of sp³-hybridized carbons (Fsp3) is 0.545. The van der Waals surface area contributed by atoms with Crippen molar-refractivity contribution in [1.82, 2.24) is 19.4 Å². The molecule has 0 aliphatic carbocycles. The molecule has 3 heterocycles. The molecule has 11 heteroatoms. The summed E-state index contributed by atoms with van der Waals surface area (Å²) >= 11 is 0. The number of likely N-dealkylation sites (tertiary alicyclic amines) is 3. The minimum absolute atomic E-state index is 0.0244. The fourth-order valence-corrected chi connectivity index (χ4v) is 5.84. The molecule has 4 amide bonds. The summed E-state index contributed by atoms with van der Waals surface area (Å²) in [6.07, 6.45) is 1.86. The molecule has 3 aliphatic rings. The first kappa shape index (κ1) is 23.0. The molecule has 0 saturated carbocycles. The number of nitriles is 1. The minimum Gasteiger partial charge on any atom is -0.335 e. The molecule has 3 fully saturated rings. The smallest absolute Gasteiger partial charge is 0.332 e. The Hall–Kier alpha value is -3.13. The standard InChI is InChI=1S/C22H27N5O5S/c1-14-5-7-18(8-6-14)33(31,32)24-22(30)27-13-17-10-19(27)21(29)26(17)12-15(2)20(28)25-9-3-4-16(25)11-23/h5-8,15-17,19H,3-4,9-10,12-13H2,1-2H3,(H,24,30)/t15-,16-,17+,19+/m0/s1. The highest BCUT2D eigenvalue weighted by Crippen LogP contribution is 2.33. The molecule has 1 aromatic carbocycles. The van der Waals surface area contributed by atoms with E-state index in [-0.39, 0.29) is 35.8 Å². The van der Waals surface area contributed by atoms with Gasteiger partial charge in [-0.25, -0.2) is 17.9 Å². The molecule has 0 aromatic heterocycles. The molecule has 3 saturated heterocycles. The van der Waals surface area contributed by atoms with Crippen LogP contribution in [0.15, 0.2) is 29.2 Å². The number of nitrogens with one attached hydrogen (secondary N) is 1. The van der Waals surface area contributed by atoms with Crippen LogP contribution in [0.3, 0.4) is 0 Å². The zero-order valence-electron chi connectivity index (χ0n) is 18.6. The number of hydrogen-bond acceptors (Lipinski definition) is 6. The zero-order valence-corrected chi connectivity index (χ0v) is 19.4. The number of urea groups is 1. The zero-order chi connectivity index (χ0) is 23.9. The highest BCUT2D eigenvalue weighted by molar-refractivity contribution is 7.90. The number of fused-ring (bicyclic) bond motifs is 2. The maximum absolute atomic E-state index is 12.9. The number of piperazine rings is 1. The Labute approximate surface area is 193 Å². The van der Waals surface area contributed by atoms with Crippen LogP contribution in [0.5, 0.6) is 0 Å². The second-order valence-corrected chi connectivity index (χ2v) is 10.7. The Balaban J connectivity index is 1.37. The van der Waals surface area contributed by atoms with E-state index in [1.165, 1.54) is 17.0 Å². The van der Waals surface area contributed by atoms with Gasteiger partial charge in [0.15, 0.2) is 0 Å². The molecule has 4 atom stereocenters. The lowest BCUT2D eigenvalue weighted by Gasteiger charge is -2.35. The van der Waals surface area contributed by atoms with Gasteiger partial charge in [-0.15, -0.1) is 0 Å². The molecule has 1 aromatic rings. The first-order valence-corrected chi connectivity index (χ1v) is 12.5. The van der Waals surface area contributed by atoms with Gasteiger partial charge in [-0.3, -0.25) is 9.59 Å². The van der Waals surface area contributed by atoms with Crippen LogP contribution < -0.4 is 4.72 Å². The summed E-state index contributed by atoms with van der Waals surface area (Å²) in [5.41, 5.74) is 0.892. The molecule has 0 radical (unpaired) electrons. The van der Waals surface area contributed by atoms with Crippen molar-refractivity contribution in [3.8, 4) is 6.07 Å². The third kappa shape index (κ3) is 4.27. The van der Waals surface area contributed by atoms with Crippen molar-refractivity contribution < 1.29 is 22.8 Å². The maximum Gasteiger partial charge on any atom is 0.332 e. The van der Waals surface area contributed by atoms with Crippen LogP contribution in [-0.4, -0.2) is 78.7 Å². The van der Waals surface area contributed by atoms with Crippen LogP contribution >= 0.6 is 0 Å². The predicted octanol–water partition coefficient (Wildman–Crippen LogP) is 0.829. The van der Waals surface area contributed by atoms with Gasteiger partial charge in [-0.05, 0) is 38.3 Å². The minimum atomic E-state index is -4.05. The van der Waals surface area contributed by atoms with Gasteiger partial charge in [0.05, 0.1) is 22.9 Å². The predicted molar refractivity (Wildman–Crippen MR) is 117 cm³/mol. The normalized spacial score (nSPS) is 25.3. The molecule has 1 N–H and O–H groups in total. The molecule has 2 bridgehead atoms. The molecule has 10 nitrogen and oxygen atoms in total. The van der Waals surface area contributed by atoms with Crippen molar-refractivity contribution in [3.05, 3.63) is 29.8 Å². The van der Waals surface area contributed by atoms with Gasteiger partial charge >= 0.3 is 6.03 Å². The number of amides is 4. The molecule has 3 aliphatic heterocycles. The second kappa shape index (κ2) is 8.67. The Morgan fingerprint density at radius 3 is 2.58 bits per heavy atom. The van der Waals surface area contributed by atoms with Gasteiger partial charge in [0.25, 0.3) is 10.0 Å². The summed E-state index contributed by atoms with van der Waals surface area (Å²) in [6.45, 7) is 4.54. The molecule has 4 rings (SSSR count). The third-order valence-corrected chi connectivity index (χ3v) is 8.01. The number of carbonyl (C=O) groups excluding carboxylic acids is 3. The maximum atomic E-state index is 12.9. The summed E-state index contributed by atoms with van der Waals surface area (Å²) in [5.74, 6) is -0.896. The van der Waals surface area contributed by atoms with E-state index in [0.29, 0.717) is 19.4 Å².